The van der Waals surface area contributed by atoms with Gasteiger partial charge in [-0.05, 0) is 113 Å². The van der Waals surface area contributed by atoms with Crippen LogP contribution in [-0.2, 0) is 24.5 Å². The van der Waals surface area contributed by atoms with Crippen LogP contribution in [0.5, 0.6) is 11.5 Å². The topological polar surface area (TPSA) is 71.1 Å². The molecule has 0 saturated heterocycles. The molecule has 0 bridgehead atoms. The third-order valence-corrected chi connectivity index (χ3v) is 8.70. The summed E-state index contributed by atoms with van der Waals surface area (Å²) in [6.45, 7) is 15.2. The molecule has 6 nitrogen and oxygen atoms in total. The van der Waals surface area contributed by atoms with Crippen LogP contribution in [0.3, 0.4) is 0 Å². The Balaban J connectivity index is 1.37. The highest BCUT2D eigenvalue weighted by molar-refractivity contribution is 6.10. The van der Waals surface area contributed by atoms with Crippen LogP contribution in [0.15, 0.2) is 116 Å². The molecule has 0 fully saturated rings. The van der Waals surface area contributed by atoms with E-state index in [4.69, 9.17) is 18.9 Å². The molecule has 0 atom stereocenters. The van der Waals surface area contributed by atoms with E-state index in [2.05, 4.69) is 87.9 Å². The average molecular weight is 719 g/mol. The molecule has 6 heteroatoms. The van der Waals surface area contributed by atoms with E-state index in [1.807, 2.05) is 60.7 Å². The molecule has 5 rings (SSSR count). The maximum absolute atomic E-state index is 11.2. The number of carbonyl (C=O) groups excluding carboxylic acids is 2. The van der Waals surface area contributed by atoms with Crippen molar-refractivity contribution >= 4 is 33.5 Å². The van der Waals surface area contributed by atoms with Gasteiger partial charge in [0.2, 0.25) is 0 Å². The lowest BCUT2D eigenvalue weighted by Crippen LogP contribution is -2.10. The molecule has 0 unspecified atom stereocenters. The molecule has 274 valence electrons. The van der Waals surface area contributed by atoms with E-state index in [9.17, 15) is 9.59 Å². The summed E-state index contributed by atoms with van der Waals surface area (Å²) in [6, 6.07) is 30.6. The van der Waals surface area contributed by atoms with Gasteiger partial charge in [-0.15, -0.1) is 0 Å². The van der Waals surface area contributed by atoms with Gasteiger partial charge in [-0.3, -0.25) is 0 Å². The van der Waals surface area contributed by atoms with Crippen molar-refractivity contribution in [3.05, 3.63) is 144 Å². The molecular weight excluding hydrogens is 673 g/mol. The molecule has 0 radical (unpaired) electrons. The van der Waals surface area contributed by atoms with E-state index in [0.29, 0.717) is 26.4 Å². The summed E-state index contributed by atoms with van der Waals surface area (Å²) >= 11 is 0. The highest BCUT2D eigenvalue weighted by atomic mass is 16.5. The number of esters is 2. The summed E-state index contributed by atoms with van der Waals surface area (Å²) in [7, 11) is 0. The number of fused-ring (bicyclic) bond motifs is 2. The fraction of sp³-hybridized carbons (Fsp3) is 0.250. The lowest BCUT2D eigenvalue weighted by Gasteiger charge is -2.21. The van der Waals surface area contributed by atoms with Crippen LogP contribution in [0, 0.1) is 23.7 Å². The first kappa shape index (κ1) is 39.0. The maximum Gasteiger partial charge on any atom is 0.330 e. The molecule has 0 aliphatic rings. The summed E-state index contributed by atoms with van der Waals surface area (Å²) in [5.41, 5.74) is 4.87. The Hall–Kier alpha value is -6.24. The molecule has 0 aliphatic heterocycles. The van der Waals surface area contributed by atoms with E-state index >= 15 is 0 Å². The standard InChI is InChI=1S/C48H46O6/c1-6-46(49)53-32-12-10-30-51-38-23-16-35(17-24-38)20-27-42-40-14-8-9-15-41(40)43(45-34-37(48(3,4)5)22-29-44(42)45)28-21-36-18-25-39(26-19-36)52-31-11-13-33-54-47(50)7-2/h6-9,14-19,22-26,29,34H,1-2,10-13,30-33H2,3-5H3. The van der Waals surface area contributed by atoms with Crippen LogP contribution in [-0.4, -0.2) is 38.4 Å². The van der Waals surface area contributed by atoms with Gasteiger partial charge in [-0.2, -0.15) is 0 Å². The average Bonchev–Trinajstić information content (AvgIpc) is 3.18. The summed E-state index contributed by atoms with van der Waals surface area (Å²) in [4.78, 5) is 22.4. The molecule has 54 heavy (non-hydrogen) atoms. The fourth-order valence-corrected chi connectivity index (χ4v) is 5.70. The third kappa shape index (κ3) is 10.9. The number of benzene rings is 5. The van der Waals surface area contributed by atoms with Gasteiger partial charge in [0.15, 0.2) is 0 Å². The van der Waals surface area contributed by atoms with Gasteiger partial charge >= 0.3 is 11.9 Å². The first-order chi connectivity index (χ1) is 26.2. The molecule has 0 spiro atoms. The van der Waals surface area contributed by atoms with Gasteiger partial charge in [0, 0.05) is 34.4 Å². The molecule has 0 saturated carbocycles. The van der Waals surface area contributed by atoms with Gasteiger partial charge in [0.05, 0.1) is 26.4 Å². The first-order valence-corrected chi connectivity index (χ1v) is 18.2. The minimum atomic E-state index is -0.408. The first-order valence-electron chi connectivity index (χ1n) is 18.2. The second-order valence-electron chi connectivity index (χ2n) is 13.7. The second kappa shape index (κ2) is 19.0. The maximum atomic E-state index is 11.2. The van der Waals surface area contributed by atoms with Crippen molar-refractivity contribution < 1.29 is 28.5 Å². The van der Waals surface area contributed by atoms with Gasteiger partial charge in [0.25, 0.3) is 0 Å². The van der Waals surface area contributed by atoms with Crippen LogP contribution < -0.4 is 9.47 Å². The van der Waals surface area contributed by atoms with Crippen molar-refractivity contribution in [1.82, 2.24) is 0 Å². The monoisotopic (exact) mass is 718 g/mol. The van der Waals surface area contributed by atoms with Gasteiger partial charge < -0.3 is 18.9 Å². The van der Waals surface area contributed by atoms with Crippen molar-refractivity contribution in [3.8, 4) is 35.2 Å². The van der Waals surface area contributed by atoms with E-state index in [0.717, 1.165) is 81.0 Å². The Kier molecular flexibility index (Phi) is 13.7. The largest absolute Gasteiger partial charge is 0.494 e. The fourth-order valence-electron chi connectivity index (χ4n) is 5.70. The van der Waals surface area contributed by atoms with Crippen molar-refractivity contribution in [3.63, 3.8) is 0 Å². The second-order valence-corrected chi connectivity index (χ2v) is 13.7. The number of hydrogen-bond donors (Lipinski definition) is 0. The van der Waals surface area contributed by atoms with Crippen molar-refractivity contribution in [1.29, 1.82) is 0 Å². The predicted octanol–water partition coefficient (Wildman–Crippen LogP) is 9.87. The molecule has 0 aromatic heterocycles. The molecule has 0 aliphatic carbocycles. The summed E-state index contributed by atoms with van der Waals surface area (Å²) < 4.78 is 21.8. The number of hydrogen-bond acceptors (Lipinski definition) is 6. The Bertz CT molecular complexity index is 2230. The third-order valence-electron chi connectivity index (χ3n) is 8.70. The quantitative estimate of drug-likeness (QED) is 0.0374. The lowest BCUT2D eigenvalue weighted by molar-refractivity contribution is -0.138. The van der Waals surface area contributed by atoms with Gasteiger partial charge in [-0.25, -0.2) is 9.59 Å². The van der Waals surface area contributed by atoms with Gasteiger partial charge in [0.1, 0.15) is 11.5 Å². The lowest BCUT2D eigenvalue weighted by atomic mass is 9.83. The van der Waals surface area contributed by atoms with Gasteiger partial charge in [-0.1, -0.05) is 94.0 Å². The number of ether oxygens (including phenoxy) is 4. The van der Waals surface area contributed by atoms with E-state index in [1.54, 1.807) is 0 Å². The summed E-state index contributed by atoms with van der Waals surface area (Å²) in [6.07, 6.45) is 5.31. The van der Waals surface area contributed by atoms with Crippen molar-refractivity contribution in [2.24, 2.45) is 0 Å². The number of unbranched alkanes of at least 4 members (excludes halogenated alkanes) is 2. The van der Waals surface area contributed by atoms with E-state index < -0.39 is 11.9 Å². The van der Waals surface area contributed by atoms with E-state index in [-0.39, 0.29) is 5.41 Å². The molecular formula is C48H46O6. The Labute approximate surface area is 318 Å². The minimum absolute atomic E-state index is 0.0512. The summed E-state index contributed by atoms with van der Waals surface area (Å²) in [5.74, 6) is 14.6. The SMILES string of the molecule is C=CC(=O)OCCCCOc1ccc(C#Cc2c3ccccc3c(C#Cc3ccc(OCCCCOC(=O)C=C)cc3)c3cc(C(C)(C)C)ccc23)cc1. The zero-order chi connectivity index (χ0) is 38.3. The van der Waals surface area contributed by atoms with Crippen molar-refractivity contribution in [2.45, 2.75) is 51.9 Å². The zero-order valence-electron chi connectivity index (χ0n) is 31.3. The molecule has 0 heterocycles. The Morgan fingerprint density at radius 3 is 1.43 bits per heavy atom. The van der Waals surface area contributed by atoms with E-state index in [1.165, 1.54) is 17.7 Å². The number of carbonyl (C=O) groups is 2. The van der Waals surface area contributed by atoms with Crippen LogP contribution in [0.2, 0.25) is 0 Å². The molecule has 0 amide bonds. The molecule has 5 aromatic carbocycles. The molecule has 0 N–H and O–H groups in total. The predicted molar refractivity (Wildman–Crippen MR) is 217 cm³/mol. The van der Waals surface area contributed by atoms with Crippen molar-refractivity contribution in [2.75, 3.05) is 26.4 Å². The Morgan fingerprint density at radius 2 is 0.981 bits per heavy atom. The zero-order valence-corrected chi connectivity index (χ0v) is 31.3. The molecule has 5 aromatic rings. The van der Waals surface area contributed by atoms with Crippen LogP contribution >= 0.6 is 0 Å². The Morgan fingerprint density at radius 1 is 0.556 bits per heavy atom. The van der Waals surface area contributed by atoms with Crippen LogP contribution in [0.1, 0.15) is 74.3 Å². The van der Waals surface area contributed by atoms with Crippen LogP contribution in [0.4, 0.5) is 0 Å². The highest BCUT2D eigenvalue weighted by Gasteiger charge is 2.18. The minimum Gasteiger partial charge on any atom is -0.494 e. The summed E-state index contributed by atoms with van der Waals surface area (Å²) in [5, 5.41) is 4.22. The smallest absolute Gasteiger partial charge is 0.330 e. The normalized spacial score (nSPS) is 10.7. The highest BCUT2D eigenvalue weighted by Crippen LogP contribution is 2.35. The van der Waals surface area contributed by atoms with Crippen LogP contribution in [0.25, 0.3) is 21.5 Å². The number of rotatable bonds is 14.